The highest BCUT2D eigenvalue weighted by molar-refractivity contribution is 5.15. The van der Waals surface area contributed by atoms with E-state index in [0.717, 1.165) is 25.8 Å². The number of allylic oxidation sites excluding steroid dienone is 1. The van der Waals surface area contributed by atoms with Gasteiger partial charge in [-0.15, -0.1) is 0 Å². The van der Waals surface area contributed by atoms with E-state index in [4.69, 9.17) is 0 Å². The molecule has 1 aliphatic carbocycles. The van der Waals surface area contributed by atoms with Crippen molar-refractivity contribution in [2.45, 2.75) is 51.3 Å². The first-order chi connectivity index (χ1) is 8.99. The average Bonchev–Trinajstić information content (AvgIpc) is 2.38. The van der Waals surface area contributed by atoms with Gasteiger partial charge in [0.05, 0.1) is 5.60 Å². The molecular formula is C17H25NO. The third-order valence-electron chi connectivity index (χ3n) is 4.36. The number of nitrogens with one attached hydrogen (secondary N) is 1. The van der Waals surface area contributed by atoms with Gasteiger partial charge in [-0.1, -0.05) is 42.5 Å². The second-order valence-corrected chi connectivity index (χ2v) is 6.09. The van der Waals surface area contributed by atoms with Gasteiger partial charge in [0.1, 0.15) is 0 Å². The van der Waals surface area contributed by atoms with Gasteiger partial charge in [0, 0.05) is 12.6 Å². The Morgan fingerprint density at radius 2 is 2.11 bits per heavy atom. The predicted molar refractivity (Wildman–Crippen MR) is 79.8 cm³/mol. The summed E-state index contributed by atoms with van der Waals surface area (Å²) in [5.74, 6) is 0.536. The molecule has 104 valence electrons. The van der Waals surface area contributed by atoms with Crippen LogP contribution < -0.4 is 5.32 Å². The summed E-state index contributed by atoms with van der Waals surface area (Å²) in [4.78, 5) is 0. The molecule has 0 amide bonds. The van der Waals surface area contributed by atoms with Gasteiger partial charge >= 0.3 is 0 Å². The zero-order chi connectivity index (χ0) is 13.9. The van der Waals surface area contributed by atoms with E-state index in [0.29, 0.717) is 5.92 Å². The van der Waals surface area contributed by atoms with E-state index in [1.807, 2.05) is 25.1 Å². The molecule has 0 bridgehead atoms. The lowest BCUT2D eigenvalue weighted by atomic mass is 9.74. The number of aliphatic hydroxyl groups is 1. The molecule has 1 aromatic rings. The first-order valence-electron chi connectivity index (χ1n) is 7.14. The highest BCUT2D eigenvalue weighted by atomic mass is 16.3. The fourth-order valence-corrected chi connectivity index (χ4v) is 2.88. The molecule has 1 aliphatic rings. The summed E-state index contributed by atoms with van der Waals surface area (Å²) >= 11 is 0. The molecule has 2 rings (SSSR count). The van der Waals surface area contributed by atoms with Crippen LogP contribution in [0.3, 0.4) is 0 Å². The van der Waals surface area contributed by atoms with E-state index in [1.54, 1.807) is 0 Å². The quantitative estimate of drug-likeness (QED) is 0.813. The van der Waals surface area contributed by atoms with Crippen molar-refractivity contribution in [1.29, 1.82) is 0 Å². The van der Waals surface area contributed by atoms with Crippen LogP contribution in [0.1, 0.15) is 38.7 Å². The van der Waals surface area contributed by atoms with Crippen LogP contribution in [0.25, 0.3) is 0 Å². The van der Waals surface area contributed by atoms with Gasteiger partial charge in [0.15, 0.2) is 0 Å². The van der Waals surface area contributed by atoms with Crippen molar-refractivity contribution < 1.29 is 5.11 Å². The third kappa shape index (κ3) is 3.68. The maximum absolute atomic E-state index is 10.5. The highest BCUT2D eigenvalue weighted by Crippen LogP contribution is 2.35. The predicted octanol–water partition coefficient (Wildman–Crippen LogP) is 3.27. The molecule has 2 heteroatoms. The van der Waals surface area contributed by atoms with Crippen LogP contribution in [0, 0.1) is 5.92 Å². The number of benzene rings is 1. The van der Waals surface area contributed by atoms with Gasteiger partial charge in [-0.3, -0.25) is 0 Å². The molecule has 0 aromatic heterocycles. The van der Waals surface area contributed by atoms with Gasteiger partial charge in [0.25, 0.3) is 0 Å². The molecule has 19 heavy (non-hydrogen) atoms. The van der Waals surface area contributed by atoms with E-state index >= 15 is 0 Å². The van der Waals surface area contributed by atoms with Crippen LogP contribution in [0.15, 0.2) is 42.5 Å². The summed E-state index contributed by atoms with van der Waals surface area (Å²) in [5.41, 5.74) is 1.89. The van der Waals surface area contributed by atoms with Crippen molar-refractivity contribution in [2.24, 2.45) is 5.92 Å². The third-order valence-corrected chi connectivity index (χ3v) is 4.36. The van der Waals surface area contributed by atoms with E-state index < -0.39 is 5.60 Å². The Bertz CT molecular complexity index is 424. The zero-order valence-electron chi connectivity index (χ0n) is 12.0. The molecule has 0 heterocycles. The topological polar surface area (TPSA) is 32.3 Å². The van der Waals surface area contributed by atoms with Crippen LogP contribution in [0.5, 0.6) is 0 Å². The minimum atomic E-state index is -0.610. The lowest BCUT2D eigenvalue weighted by molar-refractivity contribution is -0.0205. The Labute approximate surface area is 116 Å². The molecular weight excluding hydrogens is 234 g/mol. The summed E-state index contributed by atoms with van der Waals surface area (Å²) in [5, 5.41) is 14.0. The molecule has 1 fully saturated rings. The fourth-order valence-electron chi connectivity index (χ4n) is 2.88. The lowest BCUT2D eigenvalue weighted by Crippen LogP contribution is -2.52. The van der Waals surface area contributed by atoms with Crippen molar-refractivity contribution >= 4 is 0 Å². The monoisotopic (exact) mass is 259 g/mol. The van der Waals surface area contributed by atoms with Gasteiger partial charge < -0.3 is 10.4 Å². The molecule has 2 nitrogen and oxygen atoms in total. The maximum Gasteiger partial charge on any atom is 0.0772 e. The average molecular weight is 259 g/mol. The molecule has 0 aliphatic heterocycles. The molecule has 0 saturated heterocycles. The smallest absolute Gasteiger partial charge is 0.0772 e. The Morgan fingerprint density at radius 1 is 1.42 bits per heavy atom. The van der Waals surface area contributed by atoms with Crippen LogP contribution in [0.4, 0.5) is 0 Å². The standard InChI is InChI=1S/C17H25NO/c1-13(2)15-9-10-17(3,19)16(11-15)18-12-14-7-5-4-6-8-14/h4-8,15-16,18-19H,1,9-12H2,2-3H3/t15-,16-,17+/m1/s1. The van der Waals surface area contributed by atoms with Crippen LogP contribution in [0.2, 0.25) is 0 Å². The van der Waals surface area contributed by atoms with Crippen molar-refractivity contribution in [3.05, 3.63) is 48.0 Å². The molecule has 1 aromatic carbocycles. The Hall–Kier alpha value is -1.12. The molecule has 0 radical (unpaired) electrons. The van der Waals surface area contributed by atoms with Crippen LogP contribution >= 0.6 is 0 Å². The van der Waals surface area contributed by atoms with E-state index in [9.17, 15) is 5.11 Å². The lowest BCUT2D eigenvalue weighted by Gasteiger charge is -2.41. The van der Waals surface area contributed by atoms with Crippen LogP contribution in [-0.2, 0) is 6.54 Å². The summed E-state index contributed by atoms with van der Waals surface area (Å²) in [6.45, 7) is 8.92. The fraction of sp³-hybridized carbons (Fsp3) is 0.529. The van der Waals surface area contributed by atoms with Gasteiger partial charge in [-0.2, -0.15) is 0 Å². The Balaban J connectivity index is 1.97. The highest BCUT2D eigenvalue weighted by Gasteiger charge is 2.38. The molecule has 3 atom stereocenters. The van der Waals surface area contributed by atoms with E-state index in [2.05, 4.69) is 31.0 Å². The first-order valence-corrected chi connectivity index (χ1v) is 7.14. The molecule has 0 unspecified atom stereocenters. The number of hydrogen-bond acceptors (Lipinski definition) is 2. The molecule has 0 spiro atoms. The number of hydrogen-bond donors (Lipinski definition) is 2. The molecule has 2 N–H and O–H groups in total. The second kappa shape index (κ2) is 5.89. The van der Waals surface area contributed by atoms with Gasteiger partial charge in [-0.05, 0) is 44.6 Å². The van der Waals surface area contributed by atoms with Crippen molar-refractivity contribution in [2.75, 3.05) is 0 Å². The van der Waals surface area contributed by atoms with Gasteiger partial charge in [-0.25, -0.2) is 0 Å². The maximum atomic E-state index is 10.5. The van der Waals surface area contributed by atoms with Crippen LogP contribution in [-0.4, -0.2) is 16.7 Å². The largest absolute Gasteiger partial charge is 0.389 e. The SMILES string of the molecule is C=C(C)[C@@H]1CC[C@](C)(O)[C@H](NCc2ccccc2)C1. The summed E-state index contributed by atoms with van der Waals surface area (Å²) in [6, 6.07) is 10.5. The van der Waals surface area contributed by atoms with Gasteiger partial charge in [0.2, 0.25) is 0 Å². The number of rotatable bonds is 4. The van der Waals surface area contributed by atoms with Crippen molar-refractivity contribution in [1.82, 2.24) is 5.32 Å². The van der Waals surface area contributed by atoms with Crippen molar-refractivity contribution in [3.63, 3.8) is 0 Å². The van der Waals surface area contributed by atoms with E-state index in [1.165, 1.54) is 11.1 Å². The summed E-state index contributed by atoms with van der Waals surface area (Å²) in [7, 11) is 0. The minimum absolute atomic E-state index is 0.142. The second-order valence-electron chi connectivity index (χ2n) is 6.09. The zero-order valence-corrected chi connectivity index (χ0v) is 12.0. The Kier molecular flexibility index (Phi) is 4.43. The molecule has 1 saturated carbocycles. The summed E-state index contributed by atoms with van der Waals surface area (Å²) in [6.07, 6.45) is 2.87. The van der Waals surface area contributed by atoms with Crippen molar-refractivity contribution in [3.8, 4) is 0 Å². The van der Waals surface area contributed by atoms with E-state index in [-0.39, 0.29) is 6.04 Å². The first kappa shape index (κ1) is 14.3. The minimum Gasteiger partial charge on any atom is -0.389 e. The Morgan fingerprint density at radius 3 is 2.74 bits per heavy atom. The summed E-state index contributed by atoms with van der Waals surface area (Å²) < 4.78 is 0. The normalized spacial score (nSPS) is 31.1.